The maximum Gasteiger partial charge on any atom is 0.329 e. The largest absolute Gasteiger partial charge is 0.493 e. The zero-order valence-corrected chi connectivity index (χ0v) is 20.7. The Morgan fingerprint density at radius 2 is 1.89 bits per heavy atom. The molecular formula is C25H29F2N5O4. The molecule has 0 bridgehead atoms. The van der Waals surface area contributed by atoms with Crippen molar-refractivity contribution in [3.05, 3.63) is 41.2 Å². The standard InChI is InChI=1S/C25H29F2N5O4/c1-5-31-22-15(10-28-24-17(22)8-16(29-24)13-30-6-7-36-14(2)11-30)12-32(25(31)33)23-20(26)18(34-3)9-19(35-4)21(23)27/h8-10,14H,5-7,11-13H2,1-4H3,(H,28,29). The van der Waals surface area contributed by atoms with Crippen LogP contribution in [0.1, 0.15) is 25.1 Å². The molecule has 3 aromatic rings. The lowest BCUT2D eigenvalue weighted by molar-refractivity contribution is -0.0215. The molecule has 1 atom stereocenters. The molecule has 0 spiro atoms. The van der Waals surface area contributed by atoms with E-state index in [1.165, 1.54) is 19.1 Å². The molecule has 1 N–H and O–H groups in total. The molecule has 4 heterocycles. The fraction of sp³-hybridized carbons (Fsp3) is 0.440. The Kier molecular flexibility index (Phi) is 6.44. The third-order valence-corrected chi connectivity index (χ3v) is 6.68. The van der Waals surface area contributed by atoms with Crippen molar-refractivity contribution in [3.63, 3.8) is 0 Å². The Labute approximate surface area is 207 Å². The molecule has 0 radical (unpaired) electrons. The second kappa shape index (κ2) is 9.55. The quantitative estimate of drug-likeness (QED) is 0.549. The van der Waals surface area contributed by atoms with Gasteiger partial charge in [-0.1, -0.05) is 0 Å². The summed E-state index contributed by atoms with van der Waals surface area (Å²) in [6.45, 7) is 7.16. The summed E-state index contributed by atoms with van der Waals surface area (Å²) in [4.78, 5) is 26.4. The van der Waals surface area contributed by atoms with Crippen molar-refractivity contribution < 1.29 is 27.8 Å². The number of ether oxygens (including phenoxy) is 3. The minimum absolute atomic E-state index is 0.0563. The highest BCUT2D eigenvalue weighted by Crippen LogP contribution is 2.42. The van der Waals surface area contributed by atoms with Gasteiger partial charge < -0.3 is 19.2 Å². The van der Waals surface area contributed by atoms with Crippen LogP contribution in [-0.4, -0.2) is 67.5 Å². The summed E-state index contributed by atoms with van der Waals surface area (Å²) in [7, 11) is 2.54. The number of anilines is 2. The molecule has 0 saturated carbocycles. The van der Waals surface area contributed by atoms with Gasteiger partial charge >= 0.3 is 6.03 Å². The first kappa shape index (κ1) is 24.3. The van der Waals surface area contributed by atoms with Crippen LogP contribution >= 0.6 is 0 Å². The molecule has 1 fully saturated rings. The highest BCUT2D eigenvalue weighted by Gasteiger charge is 2.37. The van der Waals surface area contributed by atoms with Crippen molar-refractivity contribution in [2.75, 3.05) is 50.3 Å². The first-order valence-corrected chi connectivity index (χ1v) is 11.9. The number of nitrogens with zero attached hydrogens (tertiary/aromatic N) is 4. The van der Waals surface area contributed by atoms with E-state index in [1.54, 1.807) is 6.20 Å². The van der Waals surface area contributed by atoms with Gasteiger partial charge in [0.15, 0.2) is 23.1 Å². The van der Waals surface area contributed by atoms with E-state index in [2.05, 4.69) is 21.8 Å². The van der Waals surface area contributed by atoms with Crippen molar-refractivity contribution >= 4 is 28.4 Å². The van der Waals surface area contributed by atoms with E-state index in [9.17, 15) is 4.79 Å². The van der Waals surface area contributed by atoms with Crippen LogP contribution in [0.15, 0.2) is 18.3 Å². The number of aromatic amines is 1. The Morgan fingerprint density at radius 3 is 2.53 bits per heavy atom. The van der Waals surface area contributed by atoms with Gasteiger partial charge in [0.1, 0.15) is 11.3 Å². The molecule has 2 aliphatic heterocycles. The zero-order valence-electron chi connectivity index (χ0n) is 20.7. The molecule has 1 saturated heterocycles. The molecule has 2 amide bonds. The number of H-pyrrole nitrogens is 1. The molecule has 1 aromatic carbocycles. The van der Waals surface area contributed by atoms with Crippen molar-refractivity contribution in [3.8, 4) is 11.5 Å². The number of methoxy groups -OCH3 is 2. The lowest BCUT2D eigenvalue weighted by atomic mass is 10.1. The SMILES string of the molecule is CCN1C(=O)N(c2c(F)c(OC)cc(OC)c2F)Cc2cnc3[nH]c(CN4CCOC(C)C4)cc3c21. The average Bonchev–Trinajstić information content (AvgIpc) is 3.27. The summed E-state index contributed by atoms with van der Waals surface area (Å²) in [5.74, 6) is -2.37. The third-order valence-electron chi connectivity index (χ3n) is 6.68. The maximum atomic E-state index is 15.3. The Hall–Kier alpha value is -3.44. The van der Waals surface area contributed by atoms with Gasteiger partial charge in [-0.2, -0.15) is 0 Å². The first-order valence-electron chi connectivity index (χ1n) is 11.9. The number of benzene rings is 1. The smallest absolute Gasteiger partial charge is 0.329 e. The monoisotopic (exact) mass is 501 g/mol. The van der Waals surface area contributed by atoms with E-state index in [0.29, 0.717) is 36.6 Å². The summed E-state index contributed by atoms with van der Waals surface area (Å²) in [5.41, 5.74) is 2.48. The van der Waals surface area contributed by atoms with Crippen molar-refractivity contribution in [1.29, 1.82) is 0 Å². The normalized spacial score (nSPS) is 18.6. The number of hydrogen-bond donors (Lipinski definition) is 1. The summed E-state index contributed by atoms with van der Waals surface area (Å²) >= 11 is 0. The van der Waals surface area contributed by atoms with Crippen LogP contribution in [0.4, 0.5) is 25.0 Å². The van der Waals surface area contributed by atoms with E-state index in [-0.39, 0.29) is 24.1 Å². The van der Waals surface area contributed by atoms with Gasteiger partial charge in [0.05, 0.1) is 39.2 Å². The van der Waals surface area contributed by atoms with Gasteiger partial charge in [-0.05, 0) is 19.9 Å². The molecule has 2 aromatic heterocycles. The van der Waals surface area contributed by atoms with Gasteiger partial charge in [0.25, 0.3) is 0 Å². The maximum absolute atomic E-state index is 15.3. The number of hydrogen-bond acceptors (Lipinski definition) is 6. The van der Waals surface area contributed by atoms with Gasteiger partial charge in [-0.15, -0.1) is 0 Å². The summed E-state index contributed by atoms with van der Waals surface area (Å²) < 4.78 is 46.3. The number of carbonyl (C=O) groups is 1. The van der Waals surface area contributed by atoms with Gasteiger partial charge in [-0.25, -0.2) is 18.6 Å². The molecule has 9 nitrogen and oxygen atoms in total. The molecule has 5 rings (SSSR count). The average molecular weight is 502 g/mol. The van der Waals surface area contributed by atoms with Crippen molar-refractivity contribution in [2.24, 2.45) is 0 Å². The van der Waals surface area contributed by atoms with Gasteiger partial charge in [0, 0.05) is 55.1 Å². The molecule has 2 aliphatic rings. The van der Waals surface area contributed by atoms with E-state index in [4.69, 9.17) is 14.2 Å². The van der Waals surface area contributed by atoms with E-state index in [1.807, 2.05) is 13.0 Å². The Balaban J connectivity index is 1.55. The molecule has 192 valence electrons. The highest BCUT2D eigenvalue weighted by molar-refractivity contribution is 6.11. The number of aromatic nitrogens is 2. The number of rotatable bonds is 6. The molecule has 0 aliphatic carbocycles. The summed E-state index contributed by atoms with van der Waals surface area (Å²) in [6, 6.07) is 2.58. The number of nitrogens with one attached hydrogen (secondary N) is 1. The van der Waals surface area contributed by atoms with Crippen LogP contribution in [-0.2, 0) is 17.8 Å². The van der Waals surface area contributed by atoms with E-state index >= 15 is 8.78 Å². The predicted molar refractivity (Wildman–Crippen MR) is 131 cm³/mol. The van der Waals surface area contributed by atoms with E-state index < -0.39 is 23.4 Å². The van der Waals surface area contributed by atoms with Crippen LogP contribution in [0.2, 0.25) is 0 Å². The van der Waals surface area contributed by atoms with Crippen LogP contribution in [0.3, 0.4) is 0 Å². The van der Waals surface area contributed by atoms with Crippen molar-refractivity contribution in [1.82, 2.24) is 14.9 Å². The molecular weight excluding hydrogens is 472 g/mol. The number of carbonyl (C=O) groups excluding carboxylic acids is 1. The number of amides is 2. The minimum Gasteiger partial charge on any atom is -0.493 e. The highest BCUT2D eigenvalue weighted by atomic mass is 19.1. The third kappa shape index (κ3) is 4.01. The fourth-order valence-corrected chi connectivity index (χ4v) is 5.01. The predicted octanol–water partition coefficient (Wildman–Crippen LogP) is 4.05. The van der Waals surface area contributed by atoms with Crippen LogP contribution in [0, 0.1) is 11.6 Å². The lowest BCUT2D eigenvalue weighted by Crippen LogP contribution is -2.48. The number of pyridine rings is 1. The number of fused-ring (bicyclic) bond motifs is 3. The van der Waals surface area contributed by atoms with Gasteiger partial charge in [0.2, 0.25) is 0 Å². The Morgan fingerprint density at radius 1 is 1.17 bits per heavy atom. The van der Waals surface area contributed by atoms with E-state index in [0.717, 1.165) is 35.1 Å². The fourth-order valence-electron chi connectivity index (χ4n) is 5.01. The van der Waals surface area contributed by atoms with Gasteiger partial charge in [-0.3, -0.25) is 14.7 Å². The number of urea groups is 1. The zero-order chi connectivity index (χ0) is 25.6. The Bertz CT molecular complexity index is 1290. The summed E-state index contributed by atoms with van der Waals surface area (Å²) in [6.07, 6.45) is 1.81. The van der Waals surface area contributed by atoms with Crippen molar-refractivity contribution in [2.45, 2.75) is 33.0 Å². The number of halogens is 2. The summed E-state index contributed by atoms with van der Waals surface area (Å²) in [5, 5.41) is 0.794. The minimum atomic E-state index is -0.971. The first-order chi connectivity index (χ1) is 17.4. The molecule has 1 unspecified atom stereocenters. The second-order valence-corrected chi connectivity index (χ2v) is 8.98. The van der Waals surface area contributed by atoms with Crippen LogP contribution in [0.5, 0.6) is 11.5 Å². The van der Waals surface area contributed by atoms with Crippen LogP contribution in [0.25, 0.3) is 11.0 Å². The molecule has 36 heavy (non-hydrogen) atoms. The van der Waals surface area contributed by atoms with Crippen LogP contribution < -0.4 is 19.3 Å². The molecule has 11 heteroatoms. The second-order valence-electron chi connectivity index (χ2n) is 8.98. The number of morpholine rings is 1. The lowest BCUT2D eigenvalue weighted by Gasteiger charge is -2.37. The topological polar surface area (TPSA) is 83.2 Å².